The maximum Gasteiger partial charge on any atom is 0.147 e. The predicted octanol–water partition coefficient (Wildman–Crippen LogP) is 12.9. The summed E-state index contributed by atoms with van der Waals surface area (Å²) in [6.45, 7) is 11.5. The van der Waals surface area contributed by atoms with Gasteiger partial charge in [-0.25, -0.2) is 0 Å². The maximum absolute atomic E-state index is 12.1. The first-order valence-electron chi connectivity index (χ1n) is 16.5. The van der Waals surface area contributed by atoms with Crippen molar-refractivity contribution in [3.05, 3.63) is 164 Å². The van der Waals surface area contributed by atoms with Crippen LogP contribution in [-0.2, 0) is 32.4 Å². The van der Waals surface area contributed by atoms with Gasteiger partial charge >= 0.3 is 0 Å². The maximum atomic E-state index is 12.1. The SMILES string of the molecule is Cc1cc(-c2ccccc2-c2cccc(C[N-]c3c(C(C)C)cccc3C(C)C)n2)c(O)c(-n2c3ccccc3c3ccccc32)c1.[CH3-].[CH3-].[Hf]. The standard InChI is InChI=1S/C43H40N3O.2CH3.Hf/c1-27(2)31-19-13-20-32(28(3)4)42(31)44-26-30-14-12-21-38(45-30)34-16-7-6-15-33(34)37-24-29(5)25-41(43(37)47)46-39-22-10-8-17-35(39)36-18-9-11-23-40(36)46;;;/h6-25,27-28H,26H2,1-5H3,(H,45,47);2*1H3;/q3*-1;. The molecule has 7 rings (SSSR count). The molecule has 0 fully saturated rings. The fraction of sp³-hybridized carbons (Fsp3) is 0.178. The van der Waals surface area contributed by atoms with Crippen LogP contribution in [0.25, 0.3) is 55.2 Å². The van der Waals surface area contributed by atoms with E-state index < -0.39 is 0 Å². The van der Waals surface area contributed by atoms with Crippen molar-refractivity contribution in [2.75, 3.05) is 0 Å². The van der Waals surface area contributed by atoms with Gasteiger partial charge in [-0.3, -0.25) is 4.98 Å². The van der Waals surface area contributed by atoms with Gasteiger partial charge in [0.1, 0.15) is 5.75 Å². The molecule has 5 heteroatoms. The van der Waals surface area contributed by atoms with Crippen molar-refractivity contribution in [2.45, 2.75) is 53.0 Å². The van der Waals surface area contributed by atoms with Gasteiger partial charge in [-0.1, -0.05) is 130 Å². The number of hydrogen-bond donors (Lipinski definition) is 1. The Labute approximate surface area is 317 Å². The fourth-order valence-electron chi connectivity index (χ4n) is 6.83. The summed E-state index contributed by atoms with van der Waals surface area (Å²) < 4.78 is 2.18. The second-order valence-electron chi connectivity index (χ2n) is 13.0. The molecule has 0 amide bonds. The molecule has 50 heavy (non-hydrogen) atoms. The van der Waals surface area contributed by atoms with E-state index in [2.05, 4.69) is 136 Å². The van der Waals surface area contributed by atoms with Crippen LogP contribution >= 0.6 is 0 Å². The van der Waals surface area contributed by atoms with E-state index in [1.165, 1.54) is 11.1 Å². The summed E-state index contributed by atoms with van der Waals surface area (Å²) in [5, 5.41) is 19.5. The molecule has 2 heterocycles. The Morgan fingerprint density at radius 2 is 1.18 bits per heavy atom. The van der Waals surface area contributed by atoms with Crippen LogP contribution in [0.2, 0.25) is 0 Å². The molecule has 0 spiro atoms. The number of benzene rings is 5. The van der Waals surface area contributed by atoms with Gasteiger partial charge in [-0.2, -0.15) is 0 Å². The Kier molecular flexibility index (Phi) is 12.3. The Balaban J connectivity index is 0.00000187. The normalized spacial score (nSPS) is 10.9. The number of rotatable bonds is 8. The van der Waals surface area contributed by atoms with Crippen LogP contribution in [0.4, 0.5) is 5.69 Å². The molecule has 0 bridgehead atoms. The summed E-state index contributed by atoms with van der Waals surface area (Å²) in [5.41, 5.74) is 12.0. The number of aromatic hydroxyl groups is 1. The second kappa shape index (κ2) is 16.0. The number of aryl methyl sites for hydroxylation is 1. The van der Waals surface area contributed by atoms with E-state index in [1.54, 1.807) is 0 Å². The summed E-state index contributed by atoms with van der Waals surface area (Å²) in [6, 6.07) is 41.8. The van der Waals surface area contributed by atoms with E-state index in [-0.39, 0.29) is 46.4 Å². The van der Waals surface area contributed by atoms with Crippen molar-refractivity contribution in [2.24, 2.45) is 0 Å². The molecule has 0 aliphatic heterocycles. The van der Waals surface area contributed by atoms with Crippen LogP contribution in [0.1, 0.15) is 61.9 Å². The van der Waals surface area contributed by atoms with Crippen molar-refractivity contribution in [3.8, 4) is 33.8 Å². The van der Waals surface area contributed by atoms with E-state index in [4.69, 9.17) is 10.3 Å². The van der Waals surface area contributed by atoms with E-state index >= 15 is 0 Å². The van der Waals surface area contributed by atoms with Crippen LogP contribution in [0.15, 0.2) is 121 Å². The number of pyridine rings is 1. The summed E-state index contributed by atoms with van der Waals surface area (Å²) in [7, 11) is 0. The fourth-order valence-corrected chi connectivity index (χ4v) is 6.83. The zero-order chi connectivity index (χ0) is 32.7. The van der Waals surface area contributed by atoms with E-state index in [0.717, 1.165) is 66.8 Å². The van der Waals surface area contributed by atoms with Crippen molar-refractivity contribution in [3.63, 3.8) is 0 Å². The Bertz CT molecular complexity index is 2170. The minimum absolute atomic E-state index is 0. The third-order valence-corrected chi connectivity index (χ3v) is 9.10. The van der Waals surface area contributed by atoms with Gasteiger partial charge in [0.2, 0.25) is 0 Å². The average Bonchev–Trinajstić information content (AvgIpc) is 3.42. The smallest absolute Gasteiger partial charge is 0.147 e. The number of nitrogens with zero attached hydrogens (tertiary/aromatic N) is 3. The number of phenols is 1. The molecule has 0 radical (unpaired) electrons. The van der Waals surface area contributed by atoms with Gasteiger partial charge in [0.15, 0.2) is 0 Å². The summed E-state index contributed by atoms with van der Waals surface area (Å²) in [6.07, 6.45) is 0. The zero-order valence-corrected chi connectivity index (χ0v) is 33.8. The quantitative estimate of drug-likeness (QED) is 0.123. The van der Waals surface area contributed by atoms with Crippen LogP contribution in [0, 0.1) is 21.8 Å². The second-order valence-corrected chi connectivity index (χ2v) is 13.0. The van der Waals surface area contributed by atoms with Crippen molar-refractivity contribution >= 4 is 27.5 Å². The molecule has 0 atom stereocenters. The van der Waals surface area contributed by atoms with Gasteiger partial charge in [-0.05, 0) is 66.3 Å². The van der Waals surface area contributed by atoms with Crippen molar-refractivity contribution in [1.82, 2.24) is 9.55 Å². The largest absolute Gasteiger partial charge is 0.679 e. The monoisotopic (exact) mass is 824 g/mol. The molecule has 0 saturated heterocycles. The molecule has 254 valence electrons. The van der Waals surface area contributed by atoms with Crippen LogP contribution in [-0.4, -0.2) is 14.7 Å². The van der Waals surface area contributed by atoms with Crippen molar-refractivity contribution in [1.29, 1.82) is 0 Å². The Hall–Kier alpha value is -4.48. The molecule has 4 nitrogen and oxygen atoms in total. The van der Waals surface area contributed by atoms with Crippen LogP contribution in [0.5, 0.6) is 5.75 Å². The van der Waals surface area contributed by atoms with Gasteiger partial charge < -0.3 is 29.8 Å². The molecule has 0 aliphatic rings. The third kappa shape index (κ3) is 7.07. The minimum atomic E-state index is 0. The number of aromatic nitrogens is 2. The molecule has 0 aliphatic carbocycles. The first-order valence-corrected chi connectivity index (χ1v) is 16.5. The number of para-hydroxylation sites is 3. The summed E-state index contributed by atoms with van der Waals surface area (Å²) in [4.78, 5) is 5.12. The number of hydrogen-bond acceptors (Lipinski definition) is 2. The molecule has 1 N–H and O–H groups in total. The van der Waals surface area contributed by atoms with E-state index in [1.807, 2.05) is 24.3 Å². The molecule has 0 saturated carbocycles. The van der Waals surface area contributed by atoms with Gasteiger partial charge in [0.25, 0.3) is 0 Å². The summed E-state index contributed by atoms with van der Waals surface area (Å²) in [5.74, 6) is 1.01. The van der Waals surface area contributed by atoms with Gasteiger partial charge in [0, 0.05) is 53.4 Å². The van der Waals surface area contributed by atoms with Crippen molar-refractivity contribution < 1.29 is 30.9 Å². The Morgan fingerprint density at radius 3 is 1.78 bits per heavy atom. The van der Waals surface area contributed by atoms with Crippen LogP contribution < -0.4 is 0 Å². The first-order chi connectivity index (χ1) is 22.8. The molecule has 7 aromatic rings. The first kappa shape index (κ1) is 38.3. The van der Waals surface area contributed by atoms with Gasteiger partial charge in [0.05, 0.1) is 22.4 Å². The van der Waals surface area contributed by atoms with Crippen LogP contribution in [0.3, 0.4) is 0 Å². The minimum Gasteiger partial charge on any atom is -0.679 e. The molecular weight excluding hydrogens is 777 g/mol. The molecule has 5 aromatic carbocycles. The number of fused-ring (bicyclic) bond motifs is 3. The predicted molar refractivity (Wildman–Crippen MR) is 210 cm³/mol. The topological polar surface area (TPSA) is 52.1 Å². The molecular formula is C45H46HfN3O-3. The zero-order valence-electron chi connectivity index (χ0n) is 30.2. The molecule has 2 aromatic heterocycles. The number of phenolic OH excluding ortho intramolecular Hbond substituents is 1. The third-order valence-electron chi connectivity index (χ3n) is 9.10. The summed E-state index contributed by atoms with van der Waals surface area (Å²) >= 11 is 0. The van der Waals surface area contributed by atoms with E-state index in [0.29, 0.717) is 18.4 Å². The molecule has 0 unspecified atom stereocenters. The Morgan fingerprint density at radius 1 is 0.640 bits per heavy atom. The van der Waals surface area contributed by atoms with Gasteiger partial charge in [-0.15, -0.1) is 5.69 Å². The average molecular weight is 823 g/mol. The van der Waals surface area contributed by atoms with E-state index in [9.17, 15) is 5.11 Å².